The monoisotopic (exact) mass is 342 g/mol. The molecule has 0 bridgehead atoms. The van der Waals surface area contributed by atoms with E-state index >= 15 is 0 Å². The van der Waals surface area contributed by atoms with Crippen LogP contribution in [0.4, 0.5) is 4.39 Å². The maximum atomic E-state index is 13.4. The first-order valence-corrected chi connectivity index (χ1v) is 7.32. The molecule has 0 unspecified atom stereocenters. The minimum absolute atomic E-state index is 0.0183. The summed E-state index contributed by atoms with van der Waals surface area (Å²) in [5.74, 6) is -1.12. The molecule has 4 nitrogen and oxygen atoms in total. The Balaban J connectivity index is 1.92. The Kier molecular flexibility index (Phi) is 4.75. The Labute approximate surface area is 125 Å². The largest absolute Gasteiger partial charge is 0.369 e. The molecular weight excluding hydrogens is 327 g/mol. The van der Waals surface area contributed by atoms with Crippen molar-refractivity contribution in [3.63, 3.8) is 0 Å². The van der Waals surface area contributed by atoms with Gasteiger partial charge in [-0.25, -0.2) is 4.39 Å². The van der Waals surface area contributed by atoms with E-state index in [4.69, 9.17) is 5.73 Å². The van der Waals surface area contributed by atoms with Crippen LogP contribution in [0.1, 0.15) is 36.0 Å². The number of halogens is 2. The topological polar surface area (TPSA) is 72.2 Å². The summed E-state index contributed by atoms with van der Waals surface area (Å²) < 4.78 is 13.7. The van der Waals surface area contributed by atoms with Gasteiger partial charge in [-0.05, 0) is 59.8 Å². The molecule has 1 saturated carbocycles. The Bertz CT molecular complexity index is 528. The number of nitrogens with two attached hydrogens (primary N) is 1. The Morgan fingerprint density at radius 2 is 1.90 bits per heavy atom. The van der Waals surface area contributed by atoms with E-state index in [2.05, 4.69) is 21.2 Å². The summed E-state index contributed by atoms with van der Waals surface area (Å²) in [6.45, 7) is 0. The molecule has 0 spiro atoms. The van der Waals surface area contributed by atoms with E-state index < -0.39 is 5.82 Å². The van der Waals surface area contributed by atoms with Gasteiger partial charge in [-0.2, -0.15) is 0 Å². The highest BCUT2D eigenvalue weighted by Crippen LogP contribution is 2.24. The van der Waals surface area contributed by atoms with Crippen LogP contribution in [0.15, 0.2) is 22.7 Å². The van der Waals surface area contributed by atoms with Gasteiger partial charge >= 0.3 is 0 Å². The van der Waals surface area contributed by atoms with Crippen molar-refractivity contribution < 1.29 is 14.0 Å². The molecule has 20 heavy (non-hydrogen) atoms. The fourth-order valence-electron chi connectivity index (χ4n) is 2.43. The summed E-state index contributed by atoms with van der Waals surface area (Å²) in [5.41, 5.74) is 5.56. The summed E-state index contributed by atoms with van der Waals surface area (Å²) in [7, 11) is 0. The van der Waals surface area contributed by atoms with Crippen LogP contribution < -0.4 is 11.1 Å². The number of hydrogen-bond acceptors (Lipinski definition) is 2. The molecule has 1 aromatic rings. The Morgan fingerprint density at radius 3 is 2.45 bits per heavy atom. The van der Waals surface area contributed by atoms with E-state index in [1.807, 2.05) is 0 Å². The molecule has 1 aromatic carbocycles. The van der Waals surface area contributed by atoms with Gasteiger partial charge < -0.3 is 11.1 Å². The lowest BCUT2D eigenvalue weighted by molar-refractivity contribution is -0.122. The molecule has 108 valence electrons. The average molecular weight is 343 g/mol. The van der Waals surface area contributed by atoms with Crippen LogP contribution in [0.2, 0.25) is 0 Å². The van der Waals surface area contributed by atoms with Gasteiger partial charge in [0.2, 0.25) is 5.91 Å². The number of benzene rings is 1. The third kappa shape index (κ3) is 3.56. The van der Waals surface area contributed by atoms with Crippen LogP contribution in [0.25, 0.3) is 0 Å². The number of rotatable bonds is 3. The van der Waals surface area contributed by atoms with Gasteiger partial charge in [-0.15, -0.1) is 0 Å². The SMILES string of the molecule is NC(=O)C1CCC(NC(=O)c2ccc(Br)c(F)c2)CC1. The second-order valence-electron chi connectivity index (χ2n) is 5.05. The van der Waals surface area contributed by atoms with E-state index in [1.54, 1.807) is 6.07 Å². The van der Waals surface area contributed by atoms with Gasteiger partial charge in [0.25, 0.3) is 5.91 Å². The normalized spacial score (nSPS) is 22.3. The van der Waals surface area contributed by atoms with Crippen molar-refractivity contribution >= 4 is 27.7 Å². The van der Waals surface area contributed by atoms with Crippen molar-refractivity contribution in [3.05, 3.63) is 34.1 Å². The molecule has 1 aliphatic rings. The van der Waals surface area contributed by atoms with E-state index in [0.29, 0.717) is 22.9 Å². The number of amides is 2. The molecule has 3 N–H and O–H groups in total. The van der Waals surface area contributed by atoms with Crippen LogP contribution in [0.5, 0.6) is 0 Å². The van der Waals surface area contributed by atoms with Crippen molar-refractivity contribution in [2.75, 3.05) is 0 Å². The molecule has 0 atom stereocenters. The first-order chi connectivity index (χ1) is 9.47. The van der Waals surface area contributed by atoms with Gasteiger partial charge in [0.1, 0.15) is 5.82 Å². The lowest BCUT2D eigenvalue weighted by Gasteiger charge is -2.27. The second kappa shape index (κ2) is 6.35. The molecule has 0 heterocycles. The maximum Gasteiger partial charge on any atom is 0.251 e. The first kappa shape index (κ1) is 15.0. The molecule has 0 saturated heterocycles. The second-order valence-corrected chi connectivity index (χ2v) is 5.91. The van der Waals surface area contributed by atoms with Gasteiger partial charge in [0.05, 0.1) is 4.47 Å². The van der Waals surface area contributed by atoms with Gasteiger partial charge in [0.15, 0.2) is 0 Å². The van der Waals surface area contributed by atoms with Gasteiger partial charge in [-0.3, -0.25) is 9.59 Å². The predicted octanol–water partition coefficient (Wildman–Crippen LogP) is 2.36. The molecule has 6 heteroatoms. The molecule has 2 amide bonds. The van der Waals surface area contributed by atoms with Crippen LogP contribution in [-0.4, -0.2) is 17.9 Å². The number of carbonyl (C=O) groups excluding carboxylic acids is 2. The molecule has 1 aliphatic carbocycles. The average Bonchev–Trinajstić information content (AvgIpc) is 2.42. The highest BCUT2D eigenvalue weighted by Gasteiger charge is 2.25. The number of nitrogens with one attached hydrogen (secondary N) is 1. The molecular formula is C14H16BrFN2O2. The van der Waals surface area contributed by atoms with Crippen molar-refractivity contribution in [2.24, 2.45) is 11.7 Å². The van der Waals surface area contributed by atoms with E-state index in [9.17, 15) is 14.0 Å². The highest BCUT2D eigenvalue weighted by atomic mass is 79.9. The third-order valence-corrected chi connectivity index (χ3v) is 4.29. The van der Waals surface area contributed by atoms with E-state index in [1.165, 1.54) is 12.1 Å². The van der Waals surface area contributed by atoms with Gasteiger partial charge in [-0.1, -0.05) is 0 Å². The molecule has 0 aliphatic heterocycles. The first-order valence-electron chi connectivity index (χ1n) is 6.52. The van der Waals surface area contributed by atoms with Crippen molar-refractivity contribution in [2.45, 2.75) is 31.7 Å². The lowest BCUT2D eigenvalue weighted by Crippen LogP contribution is -2.39. The smallest absolute Gasteiger partial charge is 0.251 e. The molecule has 0 radical (unpaired) electrons. The zero-order valence-corrected chi connectivity index (χ0v) is 12.5. The van der Waals surface area contributed by atoms with Crippen LogP contribution in [0, 0.1) is 11.7 Å². The number of hydrogen-bond donors (Lipinski definition) is 2. The van der Waals surface area contributed by atoms with E-state index in [-0.39, 0.29) is 23.8 Å². The standard InChI is InChI=1S/C14H16BrFN2O2/c15-11-6-3-9(7-12(11)16)14(20)18-10-4-1-8(2-5-10)13(17)19/h3,6-8,10H,1-2,4-5H2,(H2,17,19)(H,18,20). The Morgan fingerprint density at radius 1 is 1.25 bits per heavy atom. The van der Waals surface area contributed by atoms with Crippen LogP contribution in [-0.2, 0) is 4.79 Å². The zero-order valence-electron chi connectivity index (χ0n) is 10.9. The molecule has 0 aromatic heterocycles. The fourth-order valence-corrected chi connectivity index (χ4v) is 2.67. The van der Waals surface area contributed by atoms with Crippen molar-refractivity contribution in [1.29, 1.82) is 0 Å². The van der Waals surface area contributed by atoms with Crippen molar-refractivity contribution in [3.8, 4) is 0 Å². The number of carbonyl (C=O) groups is 2. The molecule has 1 fully saturated rings. The third-order valence-electron chi connectivity index (χ3n) is 3.65. The summed E-state index contributed by atoms with van der Waals surface area (Å²) >= 11 is 3.05. The minimum atomic E-state index is -0.463. The van der Waals surface area contributed by atoms with Gasteiger partial charge in [0, 0.05) is 17.5 Å². The molecule has 2 rings (SSSR count). The van der Waals surface area contributed by atoms with Crippen molar-refractivity contribution in [1.82, 2.24) is 5.32 Å². The Hall–Kier alpha value is -1.43. The van der Waals surface area contributed by atoms with Crippen LogP contribution in [0.3, 0.4) is 0 Å². The minimum Gasteiger partial charge on any atom is -0.369 e. The lowest BCUT2D eigenvalue weighted by atomic mass is 9.85. The summed E-state index contributed by atoms with van der Waals surface area (Å²) in [4.78, 5) is 23.1. The predicted molar refractivity (Wildman–Crippen MR) is 76.5 cm³/mol. The van der Waals surface area contributed by atoms with E-state index in [0.717, 1.165) is 12.8 Å². The summed E-state index contributed by atoms with van der Waals surface area (Å²) in [6, 6.07) is 4.30. The fraction of sp³-hybridized carbons (Fsp3) is 0.429. The number of primary amides is 1. The summed E-state index contributed by atoms with van der Waals surface area (Å²) in [5, 5.41) is 2.87. The summed E-state index contributed by atoms with van der Waals surface area (Å²) in [6.07, 6.45) is 2.82. The highest BCUT2D eigenvalue weighted by molar-refractivity contribution is 9.10. The zero-order chi connectivity index (χ0) is 14.7. The maximum absolute atomic E-state index is 13.4. The van der Waals surface area contributed by atoms with Crippen LogP contribution >= 0.6 is 15.9 Å². The quantitative estimate of drug-likeness (QED) is 0.884.